The number of carbonyl (C=O) groups excluding carboxylic acids is 1. The van der Waals surface area contributed by atoms with E-state index in [1.807, 2.05) is 17.9 Å². The Labute approximate surface area is 140 Å². The van der Waals surface area contributed by atoms with Crippen LogP contribution in [0.3, 0.4) is 0 Å². The Bertz CT molecular complexity index is 739. The smallest absolute Gasteiger partial charge is 0.274 e. The SMILES string of the molecule is Cc1nccc([C@@H]2C[C@@H]3CCN(C(=O)c4cnccn4)C[C@H]3O2)n1. The number of aryl methyl sites for hydroxylation is 1. The summed E-state index contributed by atoms with van der Waals surface area (Å²) in [7, 11) is 0. The summed E-state index contributed by atoms with van der Waals surface area (Å²) in [5.74, 6) is 1.15. The van der Waals surface area contributed by atoms with Crippen LogP contribution in [0.5, 0.6) is 0 Å². The van der Waals surface area contributed by atoms with Gasteiger partial charge in [-0.2, -0.15) is 0 Å². The molecule has 24 heavy (non-hydrogen) atoms. The molecule has 1 amide bonds. The van der Waals surface area contributed by atoms with Crippen LogP contribution in [-0.2, 0) is 4.74 Å². The molecule has 2 aromatic rings. The van der Waals surface area contributed by atoms with Crippen molar-refractivity contribution in [3.8, 4) is 0 Å². The molecule has 7 heteroatoms. The van der Waals surface area contributed by atoms with Gasteiger partial charge in [0.2, 0.25) is 0 Å². The highest BCUT2D eigenvalue weighted by Crippen LogP contribution is 2.40. The summed E-state index contributed by atoms with van der Waals surface area (Å²) in [5, 5.41) is 0. The molecule has 3 atom stereocenters. The van der Waals surface area contributed by atoms with Crippen molar-refractivity contribution in [2.45, 2.75) is 32.0 Å². The van der Waals surface area contributed by atoms with E-state index in [0.717, 1.165) is 30.9 Å². The number of hydrogen-bond acceptors (Lipinski definition) is 6. The van der Waals surface area contributed by atoms with Crippen molar-refractivity contribution < 1.29 is 9.53 Å². The van der Waals surface area contributed by atoms with Crippen LogP contribution in [0.4, 0.5) is 0 Å². The molecule has 2 aromatic heterocycles. The highest BCUT2D eigenvalue weighted by atomic mass is 16.5. The van der Waals surface area contributed by atoms with Crippen molar-refractivity contribution in [3.63, 3.8) is 0 Å². The lowest BCUT2D eigenvalue weighted by atomic mass is 9.91. The molecular formula is C17H19N5O2. The molecular weight excluding hydrogens is 306 g/mol. The Balaban J connectivity index is 1.45. The Hall–Kier alpha value is -2.41. The summed E-state index contributed by atoms with van der Waals surface area (Å²) < 4.78 is 6.20. The lowest BCUT2D eigenvalue weighted by Gasteiger charge is -2.33. The zero-order valence-corrected chi connectivity index (χ0v) is 13.5. The number of nitrogens with zero attached hydrogens (tertiary/aromatic N) is 5. The first-order chi connectivity index (χ1) is 11.7. The van der Waals surface area contributed by atoms with E-state index in [-0.39, 0.29) is 18.1 Å². The second-order valence-corrected chi connectivity index (χ2v) is 6.32. The topological polar surface area (TPSA) is 81.1 Å². The van der Waals surface area contributed by atoms with Crippen LogP contribution in [0.15, 0.2) is 30.9 Å². The van der Waals surface area contributed by atoms with Gasteiger partial charge in [0.25, 0.3) is 5.91 Å². The van der Waals surface area contributed by atoms with E-state index in [1.165, 1.54) is 6.20 Å². The maximum Gasteiger partial charge on any atom is 0.274 e. The lowest BCUT2D eigenvalue weighted by molar-refractivity contribution is -0.00585. The molecule has 0 aliphatic carbocycles. The van der Waals surface area contributed by atoms with Crippen LogP contribution in [0.25, 0.3) is 0 Å². The van der Waals surface area contributed by atoms with E-state index in [0.29, 0.717) is 18.2 Å². The third-order valence-electron chi connectivity index (χ3n) is 4.75. The third kappa shape index (κ3) is 2.87. The van der Waals surface area contributed by atoms with Gasteiger partial charge in [0.1, 0.15) is 17.6 Å². The van der Waals surface area contributed by atoms with Crippen LogP contribution >= 0.6 is 0 Å². The van der Waals surface area contributed by atoms with Crippen LogP contribution in [0.2, 0.25) is 0 Å². The van der Waals surface area contributed by atoms with Gasteiger partial charge in [-0.1, -0.05) is 0 Å². The summed E-state index contributed by atoms with van der Waals surface area (Å²) >= 11 is 0. The Morgan fingerprint density at radius 3 is 3.00 bits per heavy atom. The Kier molecular flexibility index (Phi) is 3.93. The van der Waals surface area contributed by atoms with Crippen LogP contribution in [0, 0.1) is 12.8 Å². The van der Waals surface area contributed by atoms with Gasteiger partial charge in [-0.05, 0) is 31.7 Å². The van der Waals surface area contributed by atoms with Gasteiger partial charge in [0, 0.05) is 31.7 Å². The van der Waals surface area contributed by atoms with E-state index in [4.69, 9.17) is 4.74 Å². The first-order valence-electron chi connectivity index (χ1n) is 8.21. The summed E-state index contributed by atoms with van der Waals surface area (Å²) in [6, 6.07) is 1.91. The molecule has 2 saturated heterocycles. The standard InChI is InChI=1S/C17H19N5O2/c1-11-19-4-2-13(21-11)15-8-12-3-7-22(10-16(12)24-15)17(23)14-9-18-5-6-20-14/h2,4-6,9,12,15-16H,3,7-8,10H2,1H3/t12-,15-,16+/m0/s1. The maximum absolute atomic E-state index is 12.5. The number of carbonyl (C=O) groups is 1. The lowest BCUT2D eigenvalue weighted by Crippen LogP contribution is -2.45. The summed E-state index contributed by atoms with van der Waals surface area (Å²) in [6.45, 7) is 3.21. The molecule has 0 N–H and O–H groups in total. The summed E-state index contributed by atoms with van der Waals surface area (Å²) in [4.78, 5) is 31.0. The normalized spacial score (nSPS) is 26.2. The van der Waals surface area contributed by atoms with Crippen molar-refractivity contribution in [2.75, 3.05) is 13.1 Å². The van der Waals surface area contributed by atoms with Gasteiger partial charge in [-0.3, -0.25) is 9.78 Å². The Morgan fingerprint density at radius 2 is 2.21 bits per heavy atom. The number of piperidine rings is 1. The number of rotatable bonds is 2. The zero-order chi connectivity index (χ0) is 16.5. The van der Waals surface area contributed by atoms with E-state index in [1.54, 1.807) is 18.6 Å². The van der Waals surface area contributed by atoms with Crippen molar-refractivity contribution >= 4 is 5.91 Å². The van der Waals surface area contributed by atoms with Gasteiger partial charge < -0.3 is 9.64 Å². The van der Waals surface area contributed by atoms with Crippen molar-refractivity contribution in [1.82, 2.24) is 24.8 Å². The fourth-order valence-corrected chi connectivity index (χ4v) is 3.53. The third-order valence-corrected chi connectivity index (χ3v) is 4.75. The van der Waals surface area contributed by atoms with Crippen molar-refractivity contribution in [1.29, 1.82) is 0 Å². The molecule has 4 heterocycles. The minimum Gasteiger partial charge on any atom is -0.367 e. The Morgan fingerprint density at radius 1 is 1.29 bits per heavy atom. The summed E-state index contributed by atoms with van der Waals surface area (Å²) in [5.41, 5.74) is 1.32. The monoisotopic (exact) mass is 325 g/mol. The second kappa shape index (κ2) is 6.24. The fraction of sp³-hybridized carbons (Fsp3) is 0.471. The van der Waals surface area contributed by atoms with E-state index in [2.05, 4.69) is 19.9 Å². The molecule has 0 saturated carbocycles. The molecule has 0 aromatic carbocycles. The predicted octanol–water partition coefficient (Wildman–Crippen LogP) is 1.57. The fourth-order valence-electron chi connectivity index (χ4n) is 3.53. The average Bonchev–Trinajstić information content (AvgIpc) is 3.05. The molecule has 4 rings (SSSR count). The highest BCUT2D eigenvalue weighted by Gasteiger charge is 2.41. The molecule has 0 radical (unpaired) electrons. The molecule has 0 bridgehead atoms. The van der Waals surface area contributed by atoms with Gasteiger partial charge in [0.15, 0.2) is 0 Å². The summed E-state index contributed by atoms with van der Waals surface area (Å²) in [6.07, 6.45) is 8.33. The largest absolute Gasteiger partial charge is 0.367 e. The van der Waals surface area contributed by atoms with E-state index < -0.39 is 0 Å². The number of fused-ring (bicyclic) bond motifs is 1. The average molecular weight is 325 g/mol. The molecule has 0 spiro atoms. The second-order valence-electron chi connectivity index (χ2n) is 6.32. The van der Waals surface area contributed by atoms with Crippen LogP contribution in [0.1, 0.15) is 41.0 Å². The molecule has 2 fully saturated rings. The van der Waals surface area contributed by atoms with Crippen molar-refractivity contribution in [2.24, 2.45) is 5.92 Å². The molecule has 124 valence electrons. The highest BCUT2D eigenvalue weighted by molar-refractivity contribution is 5.92. The predicted molar refractivity (Wildman–Crippen MR) is 85.0 cm³/mol. The number of hydrogen-bond donors (Lipinski definition) is 0. The minimum atomic E-state index is -0.0773. The molecule has 2 aliphatic heterocycles. The first kappa shape index (κ1) is 15.1. The van der Waals surface area contributed by atoms with Gasteiger partial charge >= 0.3 is 0 Å². The molecule has 7 nitrogen and oxygen atoms in total. The number of likely N-dealkylation sites (tertiary alicyclic amines) is 1. The number of aromatic nitrogens is 4. The van der Waals surface area contributed by atoms with Gasteiger partial charge in [-0.25, -0.2) is 15.0 Å². The van der Waals surface area contributed by atoms with Gasteiger partial charge in [0.05, 0.1) is 18.0 Å². The molecule has 0 unspecified atom stereocenters. The van der Waals surface area contributed by atoms with Gasteiger partial charge in [-0.15, -0.1) is 0 Å². The minimum absolute atomic E-state index is 0.00623. The first-order valence-corrected chi connectivity index (χ1v) is 8.21. The number of ether oxygens (including phenoxy) is 1. The zero-order valence-electron chi connectivity index (χ0n) is 13.5. The van der Waals surface area contributed by atoms with E-state index >= 15 is 0 Å². The van der Waals surface area contributed by atoms with Crippen LogP contribution < -0.4 is 0 Å². The van der Waals surface area contributed by atoms with Crippen LogP contribution in [-0.4, -0.2) is 49.9 Å². The molecule has 2 aliphatic rings. The van der Waals surface area contributed by atoms with Crippen molar-refractivity contribution in [3.05, 3.63) is 48.1 Å². The quantitative estimate of drug-likeness (QED) is 0.833. The van der Waals surface area contributed by atoms with E-state index in [9.17, 15) is 4.79 Å². The maximum atomic E-state index is 12.5. The number of amides is 1.